The predicted molar refractivity (Wildman–Crippen MR) is 55.9 cm³/mol. The zero-order valence-corrected chi connectivity index (χ0v) is 8.86. The normalized spacial score (nSPS) is 45.0. The van der Waals surface area contributed by atoms with Gasteiger partial charge < -0.3 is 10.2 Å². The minimum Gasteiger partial charge on any atom is -0.393 e. The number of hydrogen-bond donors (Lipinski definition) is 2. The minimum atomic E-state index is -0.0419. The highest BCUT2D eigenvalue weighted by Crippen LogP contribution is 2.38. The van der Waals surface area contributed by atoms with Crippen LogP contribution in [0.3, 0.4) is 0 Å². The van der Waals surface area contributed by atoms with E-state index >= 15 is 0 Å². The van der Waals surface area contributed by atoms with Crippen molar-refractivity contribution in [1.82, 2.24) is 0 Å². The van der Waals surface area contributed by atoms with Crippen LogP contribution in [0, 0.1) is 11.8 Å². The van der Waals surface area contributed by atoms with E-state index in [0.717, 1.165) is 37.5 Å². The van der Waals surface area contributed by atoms with Gasteiger partial charge in [0.2, 0.25) is 0 Å². The number of aliphatic hydroxyl groups is 2. The van der Waals surface area contributed by atoms with Gasteiger partial charge in [-0.2, -0.15) is 0 Å². The van der Waals surface area contributed by atoms with Crippen LogP contribution in [0.15, 0.2) is 0 Å². The van der Waals surface area contributed by atoms with Gasteiger partial charge in [0.15, 0.2) is 0 Å². The lowest BCUT2D eigenvalue weighted by Crippen LogP contribution is -2.29. The number of rotatable bonds is 1. The third kappa shape index (κ3) is 2.48. The van der Waals surface area contributed by atoms with Crippen LogP contribution in [-0.2, 0) is 0 Å². The predicted octanol–water partition coefficient (Wildman–Crippen LogP) is 2.09. The molecule has 0 bridgehead atoms. The lowest BCUT2D eigenvalue weighted by atomic mass is 9.72. The van der Waals surface area contributed by atoms with E-state index in [1.807, 2.05) is 0 Å². The quantitative estimate of drug-likeness (QED) is 0.677. The molecule has 0 spiro atoms. The van der Waals surface area contributed by atoms with E-state index in [9.17, 15) is 10.2 Å². The van der Waals surface area contributed by atoms with Crippen LogP contribution in [0.4, 0.5) is 0 Å². The first-order valence-electron chi connectivity index (χ1n) is 6.12. The molecule has 2 nitrogen and oxygen atoms in total. The Balaban J connectivity index is 1.82. The van der Waals surface area contributed by atoms with Crippen LogP contribution in [-0.4, -0.2) is 22.4 Å². The van der Waals surface area contributed by atoms with Crippen molar-refractivity contribution in [3.8, 4) is 0 Å². The molecule has 2 heteroatoms. The van der Waals surface area contributed by atoms with E-state index in [0.29, 0.717) is 0 Å². The number of aliphatic hydroxyl groups excluding tert-OH is 2. The van der Waals surface area contributed by atoms with Crippen molar-refractivity contribution in [2.75, 3.05) is 0 Å². The topological polar surface area (TPSA) is 40.5 Å². The maximum atomic E-state index is 9.61. The second-order valence-electron chi connectivity index (χ2n) is 5.15. The molecule has 2 fully saturated rings. The largest absolute Gasteiger partial charge is 0.393 e. The lowest BCUT2D eigenvalue weighted by molar-refractivity contribution is 0.0452. The van der Waals surface area contributed by atoms with Crippen molar-refractivity contribution < 1.29 is 10.2 Å². The van der Waals surface area contributed by atoms with Crippen LogP contribution < -0.4 is 0 Å². The summed E-state index contributed by atoms with van der Waals surface area (Å²) in [6, 6.07) is 0. The molecule has 0 aromatic carbocycles. The van der Waals surface area contributed by atoms with Crippen molar-refractivity contribution in [2.24, 2.45) is 11.8 Å². The molecule has 0 aromatic heterocycles. The Hall–Kier alpha value is -0.0800. The summed E-state index contributed by atoms with van der Waals surface area (Å²) >= 11 is 0. The molecule has 2 atom stereocenters. The molecule has 0 radical (unpaired) electrons. The lowest BCUT2D eigenvalue weighted by Gasteiger charge is -2.36. The molecule has 0 aromatic rings. The Bertz CT molecular complexity index is 173. The van der Waals surface area contributed by atoms with E-state index in [4.69, 9.17) is 0 Å². The summed E-state index contributed by atoms with van der Waals surface area (Å²) < 4.78 is 0. The molecular weight excluding hydrogens is 176 g/mol. The molecule has 2 aliphatic rings. The molecule has 2 saturated carbocycles. The van der Waals surface area contributed by atoms with Gasteiger partial charge >= 0.3 is 0 Å². The zero-order valence-electron chi connectivity index (χ0n) is 8.86. The molecule has 2 unspecified atom stereocenters. The maximum Gasteiger partial charge on any atom is 0.0543 e. The van der Waals surface area contributed by atoms with E-state index < -0.39 is 0 Å². The summed E-state index contributed by atoms with van der Waals surface area (Å²) in [5, 5.41) is 19.0. The van der Waals surface area contributed by atoms with E-state index in [1.54, 1.807) is 0 Å². The second-order valence-corrected chi connectivity index (χ2v) is 5.15. The van der Waals surface area contributed by atoms with Gasteiger partial charge in [-0.05, 0) is 56.8 Å². The first-order valence-corrected chi connectivity index (χ1v) is 6.12. The van der Waals surface area contributed by atoms with Crippen molar-refractivity contribution in [1.29, 1.82) is 0 Å². The summed E-state index contributed by atoms with van der Waals surface area (Å²) in [7, 11) is 0. The molecule has 14 heavy (non-hydrogen) atoms. The molecule has 2 rings (SSSR count). The summed E-state index contributed by atoms with van der Waals surface area (Å²) in [6.07, 6.45) is 8.77. The third-order valence-electron chi connectivity index (χ3n) is 4.10. The van der Waals surface area contributed by atoms with Crippen LogP contribution in [0.2, 0.25) is 0 Å². The number of hydrogen-bond acceptors (Lipinski definition) is 2. The fraction of sp³-hybridized carbons (Fsp3) is 1.00. The van der Waals surface area contributed by atoms with Crippen molar-refractivity contribution >= 4 is 0 Å². The highest BCUT2D eigenvalue weighted by atomic mass is 16.3. The summed E-state index contributed by atoms with van der Waals surface area (Å²) in [6.45, 7) is 0. The van der Waals surface area contributed by atoms with E-state index in [-0.39, 0.29) is 12.2 Å². The van der Waals surface area contributed by atoms with Gasteiger partial charge in [-0.1, -0.05) is 6.42 Å². The van der Waals surface area contributed by atoms with Gasteiger partial charge in [-0.15, -0.1) is 0 Å². The summed E-state index contributed by atoms with van der Waals surface area (Å²) in [5.41, 5.74) is 0. The second kappa shape index (κ2) is 4.63. The Labute approximate surface area is 86.3 Å². The van der Waals surface area contributed by atoms with Crippen LogP contribution in [0.25, 0.3) is 0 Å². The Kier molecular flexibility index (Phi) is 3.45. The van der Waals surface area contributed by atoms with E-state index in [1.165, 1.54) is 25.7 Å². The first kappa shape index (κ1) is 10.4. The molecule has 2 N–H and O–H groups in total. The van der Waals surface area contributed by atoms with E-state index in [2.05, 4.69) is 0 Å². The first-order chi connectivity index (χ1) is 6.75. The monoisotopic (exact) mass is 198 g/mol. The van der Waals surface area contributed by atoms with Gasteiger partial charge in [0, 0.05) is 0 Å². The molecule has 0 amide bonds. The van der Waals surface area contributed by atoms with Gasteiger partial charge in [-0.25, -0.2) is 0 Å². The molecular formula is C12H22O2. The zero-order chi connectivity index (χ0) is 9.97. The SMILES string of the molecule is OC1CCC(C2CCCC(O)C2)CC1. The van der Waals surface area contributed by atoms with Gasteiger partial charge in [0.05, 0.1) is 12.2 Å². The molecule has 2 aliphatic carbocycles. The summed E-state index contributed by atoms with van der Waals surface area (Å²) in [5.74, 6) is 1.53. The highest BCUT2D eigenvalue weighted by molar-refractivity contribution is 4.81. The average molecular weight is 198 g/mol. The van der Waals surface area contributed by atoms with Gasteiger partial charge in [-0.3, -0.25) is 0 Å². The van der Waals surface area contributed by atoms with Crippen LogP contribution >= 0.6 is 0 Å². The Morgan fingerprint density at radius 2 is 1.36 bits per heavy atom. The third-order valence-corrected chi connectivity index (χ3v) is 4.10. The molecule has 82 valence electrons. The highest BCUT2D eigenvalue weighted by Gasteiger charge is 2.30. The van der Waals surface area contributed by atoms with Crippen molar-refractivity contribution in [3.63, 3.8) is 0 Å². The molecule has 0 heterocycles. The Morgan fingerprint density at radius 1 is 0.643 bits per heavy atom. The van der Waals surface area contributed by atoms with Crippen LogP contribution in [0.5, 0.6) is 0 Å². The smallest absolute Gasteiger partial charge is 0.0543 e. The summed E-state index contributed by atoms with van der Waals surface area (Å²) in [4.78, 5) is 0. The minimum absolute atomic E-state index is 0.0411. The van der Waals surface area contributed by atoms with Gasteiger partial charge in [0.1, 0.15) is 0 Å². The standard InChI is InChI=1S/C12H22O2/c13-11-6-4-9(5-7-11)10-2-1-3-12(14)8-10/h9-14H,1-8H2. The average Bonchev–Trinajstić information content (AvgIpc) is 2.19. The van der Waals surface area contributed by atoms with Gasteiger partial charge in [0.25, 0.3) is 0 Å². The van der Waals surface area contributed by atoms with Crippen LogP contribution in [0.1, 0.15) is 51.4 Å². The Morgan fingerprint density at radius 3 is 2.00 bits per heavy atom. The molecule has 0 saturated heterocycles. The fourth-order valence-electron chi connectivity index (χ4n) is 3.20. The molecule has 0 aliphatic heterocycles. The van der Waals surface area contributed by atoms with Crippen molar-refractivity contribution in [2.45, 2.75) is 63.6 Å². The maximum absolute atomic E-state index is 9.61. The van der Waals surface area contributed by atoms with Crippen molar-refractivity contribution in [3.05, 3.63) is 0 Å². The fourth-order valence-corrected chi connectivity index (χ4v) is 3.20.